The molecule has 10 heteroatoms. The highest BCUT2D eigenvalue weighted by molar-refractivity contribution is 6.31. The molecular weight excluding hydrogens is 406 g/mol. The number of aromatic nitrogens is 4. The average Bonchev–Trinajstić information content (AvgIpc) is 3.06. The van der Waals surface area contributed by atoms with Gasteiger partial charge in [0.25, 0.3) is 0 Å². The van der Waals surface area contributed by atoms with Crippen LogP contribution in [-0.4, -0.2) is 31.4 Å². The number of halogens is 1. The van der Waals surface area contributed by atoms with Gasteiger partial charge in [0.1, 0.15) is 5.60 Å². The number of anilines is 2. The van der Waals surface area contributed by atoms with Gasteiger partial charge in [0.05, 0.1) is 17.6 Å². The molecule has 0 atom stereocenters. The number of carbonyl (C=O) groups excluding carboxylic acids is 1. The molecule has 0 unspecified atom stereocenters. The predicted molar refractivity (Wildman–Crippen MR) is 115 cm³/mol. The molecule has 158 valence electrons. The molecule has 2 aromatic heterocycles. The van der Waals surface area contributed by atoms with Gasteiger partial charge in [-0.2, -0.15) is 5.10 Å². The van der Waals surface area contributed by atoms with Gasteiger partial charge >= 0.3 is 6.09 Å². The van der Waals surface area contributed by atoms with Crippen molar-refractivity contribution in [1.29, 1.82) is 0 Å². The number of benzene rings is 1. The molecule has 9 nitrogen and oxygen atoms in total. The van der Waals surface area contributed by atoms with Crippen molar-refractivity contribution in [1.82, 2.24) is 30.6 Å². The highest BCUT2D eigenvalue weighted by Gasteiger charge is 2.15. The summed E-state index contributed by atoms with van der Waals surface area (Å²) in [4.78, 5) is 20.5. The van der Waals surface area contributed by atoms with Gasteiger partial charge in [0, 0.05) is 36.6 Å². The molecule has 0 saturated carbocycles. The zero-order chi connectivity index (χ0) is 21.7. The second-order valence-electron chi connectivity index (χ2n) is 7.58. The van der Waals surface area contributed by atoms with Crippen LogP contribution in [0.4, 0.5) is 16.4 Å². The van der Waals surface area contributed by atoms with Crippen LogP contribution in [0.5, 0.6) is 0 Å². The fourth-order valence-electron chi connectivity index (χ4n) is 2.56. The van der Waals surface area contributed by atoms with Crippen LogP contribution in [0.3, 0.4) is 0 Å². The van der Waals surface area contributed by atoms with Gasteiger partial charge in [-0.1, -0.05) is 23.7 Å². The summed E-state index contributed by atoms with van der Waals surface area (Å²) in [7, 11) is 1.84. The van der Waals surface area contributed by atoms with Crippen molar-refractivity contribution in [2.45, 2.75) is 32.9 Å². The molecule has 3 N–H and O–H groups in total. The Morgan fingerprint density at radius 3 is 2.73 bits per heavy atom. The Labute approximate surface area is 179 Å². The van der Waals surface area contributed by atoms with E-state index >= 15 is 0 Å². The quantitative estimate of drug-likeness (QED) is 0.511. The fourth-order valence-corrected chi connectivity index (χ4v) is 2.81. The van der Waals surface area contributed by atoms with Gasteiger partial charge in [-0.25, -0.2) is 20.2 Å². The number of hydrazine groups is 1. The van der Waals surface area contributed by atoms with Crippen molar-refractivity contribution in [3.63, 3.8) is 0 Å². The molecular formula is C20H24ClN7O2. The number of nitrogens with one attached hydrogen (secondary N) is 3. The SMILES string of the molecule is Cn1cc(Nc2nccc(-c3ccc(CNNC(=O)OC(C)(C)C)c(Cl)c3)n2)cn1. The summed E-state index contributed by atoms with van der Waals surface area (Å²) < 4.78 is 6.86. The van der Waals surface area contributed by atoms with E-state index < -0.39 is 11.7 Å². The molecule has 0 bridgehead atoms. The number of amides is 1. The molecule has 0 fully saturated rings. The second-order valence-corrected chi connectivity index (χ2v) is 7.99. The molecule has 0 aliphatic rings. The third-order valence-corrected chi connectivity index (χ3v) is 4.19. The van der Waals surface area contributed by atoms with Gasteiger partial charge in [-0.05, 0) is 38.5 Å². The maximum absolute atomic E-state index is 11.7. The first-order valence-electron chi connectivity index (χ1n) is 9.29. The third-order valence-electron chi connectivity index (χ3n) is 3.83. The summed E-state index contributed by atoms with van der Waals surface area (Å²) in [5, 5.41) is 7.77. The lowest BCUT2D eigenvalue weighted by atomic mass is 10.1. The van der Waals surface area contributed by atoms with Crippen molar-refractivity contribution in [3.05, 3.63) is 53.4 Å². The van der Waals surface area contributed by atoms with Crippen LogP contribution >= 0.6 is 11.6 Å². The van der Waals surface area contributed by atoms with Gasteiger partial charge in [0.2, 0.25) is 5.95 Å². The first-order chi connectivity index (χ1) is 14.2. The summed E-state index contributed by atoms with van der Waals surface area (Å²) in [6.45, 7) is 5.74. The Kier molecular flexibility index (Phi) is 6.53. The number of nitrogens with zero attached hydrogens (tertiary/aromatic N) is 4. The Bertz CT molecular complexity index is 1030. The van der Waals surface area contributed by atoms with Gasteiger partial charge in [-0.3, -0.25) is 10.1 Å². The number of carbonyl (C=O) groups is 1. The minimum absolute atomic E-state index is 0.343. The van der Waals surface area contributed by atoms with Crippen LogP contribution in [0.25, 0.3) is 11.3 Å². The first kappa shape index (κ1) is 21.5. The number of aryl methyl sites for hydroxylation is 1. The molecule has 3 aromatic rings. The standard InChI is InChI=1S/C20H24ClN7O2/c1-20(2,3)30-19(29)27-23-10-14-6-5-13(9-16(14)21)17-7-8-22-18(26-17)25-15-11-24-28(4)12-15/h5-9,11-12,23H,10H2,1-4H3,(H,27,29)(H,22,25,26). The van der Waals surface area contributed by atoms with Crippen molar-refractivity contribution in [2.24, 2.45) is 7.05 Å². The zero-order valence-electron chi connectivity index (χ0n) is 17.2. The Balaban J connectivity index is 1.63. The van der Waals surface area contributed by atoms with E-state index in [2.05, 4.69) is 31.2 Å². The highest BCUT2D eigenvalue weighted by Crippen LogP contribution is 2.25. The predicted octanol–water partition coefficient (Wildman–Crippen LogP) is 3.80. The van der Waals surface area contributed by atoms with Crippen LogP contribution in [-0.2, 0) is 18.3 Å². The molecule has 1 amide bonds. The minimum Gasteiger partial charge on any atom is -0.443 e. The third kappa shape index (κ3) is 6.16. The summed E-state index contributed by atoms with van der Waals surface area (Å²) in [6, 6.07) is 7.41. The Morgan fingerprint density at radius 2 is 2.07 bits per heavy atom. The monoisotopic (exact) mass is 429 g/mol. The highest BCUT2D eigenvalue weighted by atomic mass is 35.5. The summed E-state index contributed by atoms with van der Waals surface area (Å²) in [5.41, 5.74) is 7.93. The molecule has 0 spiro atoms. The molecule has 0 radical (unpaired) electrons. The zero-order valence-corrected chi connectivity index (χ0v) is 18.0. The maximum Gasteiger partial charge on any atom is 0.422 e. The first-order valence-corrected chi connectivity index (χ1v) is 9.67. The molecule has 0 saturated heterocycles. The van der Waals surface area contributed by atoms with E-state index in [4.69, 9.17) is 16.3 Å². The lowest BCUT2D eigenvalue weighted by molar-refractivity contribution is 0.0497. The Morgan fingerprint density at radius 1 is 1.27 bits per heavy atom. The minimum atomic E-state index is -0.562. The van der Waals surface area contributed by atoms with Gasteiger partial charge < -0.3 is 10.1 Å². The number of hydrogen-bond acceptors (Lipinski definition) is 7. The average molecular weight is 430 g/mol. The van der Waals surface area contributed by atoms with Crippen molar-refractivity contribution >= 4 is 29.3 Å². The van der Waals surface area contributed by atoms with Gasteiger partial charge in [-0.15, -0.1) is 0 Å². The topological polar surface area (TPSA) is 106 Å². The molecule has 1 aromatic carbocycles. The molecule has 0 aliphatic heterocycles. The lowest BCUT2D eigenvalue weighted by Crippen LogP contribution is -2.40. The van der Waals surface area contributed by atoms with Crippen LogP contribution in [0, 0.1) is 0 Å². The van der Waals surface area contributed by atoms with Gasteiger partial charge in [0.15, 0.2) is 0 Å². The Hall–Kier alpha value is -3.17. The smallest absolute Gasteiger partial charge is 0.422 e. The summed E-state index contributed by atoms with van der Waals surface area (Å²) in [6.07, 6.45) is 4.65. The second kappa shape index (κ2) is 9.10. The van der Waals surface area contributed by atoms with E-state index in [0.29, 0.717) is 17.5 Å². The van der Waals surface area contributed by atoms with Crippen LogP contribution in [0.2, 0.25) is 5.02 Å². The van der Waals surface area contributed by atoms with Crippen molar-refractivity contribution in [3.8, 4) is 11.3 Å². The normalized spacial score (nSPS) is 11.2. The molecule has 30 heavy (non-hydrogen) atoms. The summed E-state index contributed by atoms with van der Waals surface area (Å²) in [5.74, 6) is 0.462. The van der Waals surface area contributed by atoms with Crippen molar-refractivity contribution < 1.29 is 9.53 Å². The maximum atomic E-state index is 11.7. The van der Waals surface area contributed by atoms with E-state index in [1.807, 2.05) is 37.5 Å². The molecule has 0 aliphatic carbocycles. The summed E-state index contributed by atoms with van der Waals surface area (Å²) >= 11 is 6.42. The van der Waals surface area contributed by atoms with Crippen LogP contribution in [0.1, 0.15) is 26.3 Å². The largest absolute Gasteiger partial charge is 0.443 e. The van der Waals surface area contributed by atoms with Crippen LogP contribution in [0.15, 0.2) is 42.9 Å². The van der Waals surface area contributed by atoms with Crippen molar-refractivity contribution in [2.75, 3.05) is 5.32 Å². The lowest BCUT2D eigenvalue weighted by Gasteiger charge is -2.20. The van der Waals surface area contributed by atoms with E-state index in [-0.39, 0.29) is 0 Å². The van der Waals surface area contributed by atoms with E-state index in [0.717, 1.165) is 22.5 Å². The van der Waals surface area contributed by atoms with E-state index in [1.165, 1.54) is 0 Å². The number of ether oxygens (including phenoxy) is 1. The van der Waals surface area contributed by atoms with Crippen LogP contribution < -0.4 is 16.2 Å². The van der Waals surface area contributed by atoms with E-state index in [9.17, 15) is 4.79 Å². The molecule has 3 rings (SSSR count). The fraction of sp³-hybridized carbons (Fsp3) is 0.300. The molecule has 2 heterocycles. The van der Waals surface area contributed by atoms with E-state index in [1.54, 1.807) is 37.8 Å². The number of rotatable bonds is 6. The number of hydrogen-bond donors (Lipinski definition) is 3.